The van der Waals surface area contributed by atoms with Crippen LogP contribution in [-0.4, -0.2) is 14.2 Å². The Hall–Kier alpha value is -2.01. The molecule has 0 spiro atoms. The van der Waals surface area contributed by atoms with Crippen LogP contribution in [0.2, 0.25) is 0 Å². The zero-order valence-corrected chi connectivity index (χ0v) is 12.0. The number of methoxy groups -OCH3 is 1. The van der Waals surface area contributed by atoms with Crippen LogP contribution in [-0.2, 0) is 0 Å². The van der Waals surface area contributed by atoms with Crippen molar-refractivity contribution in [2.24, 2.45) is 0 Å². The van der Waals surface area contributed by atoms with Gasteiger partial charge in [0.15, 0.2) is 23.2 Å². The number of ether oxygens (including phenoxy) is 1. The number of benzene rings is 2. The molecule has 112 valence electrons. The third-order valence-electron chi connectivity index (χ3n) is 3.41. The maximum atomic E-state index is 14.1. The van der Waals surface area contributed by atoms with Gasteiger partial charge in [0.05, 0.1) is 13.2 Å². The summed E-state index contributed by atoms with van der Waals surface area (Å²) in [5.74, 6) is -2.26. The Morgan fingerprint density at radius 3 is 2.33 bits per heavy atom. The van der Waals surface area contributed by atoms with E-state index in [-0.39, 0.29) is 16.9 Å². The fourth-order valence-corrected chi connectivity index (χ4v) is 2.25. The van der Waals surface area contributed by atoms with Gasteiger partial charge in [0.25, 0.3) is 0 Å². The van der Waals surface area contributed by atoms with E-state index in [0.717, 1.165) is 0 Å². The van der Waals surface area contributed by atoms with Crippen LogP contribution in [0.15, 0.2) is 30.3 Å². The number of hydrogen-bond donors (Lipinski definition) is 1. The Labute approximate surface area is 121 Å². The lowest BCUT2D eigenvalue weighted by atomic mass is 9.97. The van der Waals surface area contributed by atoms with E-state index in [4.69, 9.17) is 4.74 Å². The minimum atomic E-state index is -0.925. The molecule has 2 aromatic rings. The van der Waals surface area contributed by atoms with Gasteiger partial charge < -0.3 is 10.1 Å². The molecule has 5 heteroatoms. The fraction of sp³-hybridized carbons (Fsp3) is 0.250. The van der Waals surface area contributed by atoms with Gasteiger partial charge in [-0.25, -0.2) is 13.2 Å². The molecule has 2 aromatic carbocycles. The minimum Gasteiger partial charge on any atom is -0.494 e. The van der Waals surface area contributed by atoms with E-state index in [1.54, 1.807) is 13.1 Å². The topological polar surface area (TPSA) is 21.3 Å². The van der Waals surface area contributed by atoms with Crippen LogP contribution < -0.4 is 10.1 Å². The van der Waals surface area contributed by atoms with Gasteiger partial charge in [-0.15, -0.1) is 0 Å². The van der Waals surface area contributed by atoms with Gasteiger partial charge in [-0.05, 0) is 37.2 Å². The largest absolute Gasteiger partial charge is 0.494 e. The molecule has 21 heavy (non-hydrogen) atoms. The van der Waals surface area contributed by atoms with Crippen molar-refractivity contribution < 1.29 is 17.9 Å². The summed E-state index contributed by atoms with van der Waals surface area (Å²) >= 11 is 0. The van der Waals surface area contributed by atoms with Crippen molar-refractivity contribution in [3.05, 3.63) is 64.5 Å². The van der Waals surface area contributed by atoms with E-state index >= 15 is 0 Å². The molecular weight excluding hydrogens is 279 g/mol. The van der Waals surface area contributed by atoms with E-state index in [9.17, 15) is 13.2 Å². The number of nitrogens with one attached hydrogen (secondary N) is 1. The molecule has 0 saturated heterocycles. The molecule has 0 saturated carbocycles. The lowest BCUT2D eigenvalue weighted by Gasteiger charge is -2.19. The highest BCUT2D eigenvalue weighted by atomic mass is 19.2. The Bertz CT molecular complexity index is 658. The van der Waals surface area contributed by atoms with E-state index < -0.39 is 23.5 Å². The summed E-state index contributed by atoms with van der Waals surface area (Å²) in [6, 6.07) is 6.66. The van der Waals surface area contributed by atoms with Gasteiger partial charge in [0.1, 0.15) is 0 Å². The van der Waals surface area contributed by atoms with Gasteiger partial charge in [0.2, 0.25) is 0 Å². The first kappa shape index (κ1) is 15.4. The van der Waals surface area contributed by atoms with Crippen molar-refractivity contribution in [1.82, 2.24) is 5.32 Å². The molecule has 1 N–H and O–H groups in total. The van der Waals surface area contributed by atoms with Crippen molar-refractivity contribution in [1.29, 1.82) is 0 Å². The second-order valence-electron chi connectivity index (χ2n) is 4.72. The van der Waals surface area contributed by atoms with E-state index in [1.165, 1.54) is 38.3 Å². The summed E-state index contributed by atoms with van der Waals surface area (Å²) in [6.45, 7) is 1.49. The van der Waals surface area contributed by atoms with Crippen molar-refractivity contribution in [3.63, 3.8) is 0 Å². The minimum absolute atomic E-state index is 0.101. The number of rotatable bonds is 4. The van der Waals surface area contributed by atoms with E-state index in [0.29, 0.717) is 5.56 Å². The van der Waals surface area contributed by atoms with Crippen molar-refractivity contribution in [2.45, 2.75) is 13.0 Å². The fourth-order valence-electron chi connectivity index (χ4n) is 2.25. The van der Waals surface area contributed by atoms with Crippen LogP contribution in [0.1, 0.15) is 22.7 Å². The first-order chi connectivity index (χ1) is 9.99. The highest BCUT2D eigenvalue weighted by Crippen LogP contribution is 2.29. The van der Waals surface area contributed by atoms with Crippen LogP contribution in [0.5, 0.6) is 5.75 Å². The predicted molar refractivity (Wildman–Crippen MR) is 74.9 cm³/mol. The van der Waals surface area contributed by atoms with Crippen LogP contribution in [0, 0.1) is 24.4 Å². The second kappa shape index (κ2) is 6.18. The van der Waals surface area contributed by atoms with E-state index in [1.807, 2.05) is 0 Å². The van der Waals surface area contributed by atoms with Crippen LogP contribution in [0.25, 0.3) is 0 Å². The van der Waals surface area contributed by atoms with Gasteiger partial charge in [0, 0.05) is 5.56 Å². The highest BCUT2D eigenvalue weighted by molar-refractivity contribution is 5.38. The zero-order valence-electron chi connectivity index (χ0n) is 12.0. The van der Waals surface area contributed by atoms with Crippen molar-refractivity contribution >= 4 is 0 Å². The summed E-state index contributed by atoms with van der Waals surface area (Å²) in [7, 11) is 2.96. The van der Waals surface area contributed by atoms with Crippen LogP contribution in [0.3, 0.4) is 0 Å². The quantitative estimate of drug-likeness (QED) is 0.928. The molecular formula is C16H16F3NO. The normalized spacial score (nSPS) is 12.3. The molecule has 0 heterocycles. The zero-order chi connectivity index (χ0) is 15.6. The molecule has 0 aliphatic heterocycles. The number of hydrogen-bond acceptors (Lipinski definition) is 2. The average molecular weight is 295 g/mol. The standard InChI is InChI=1S/C16H16F3NO/c1-9-4-6-11(15(19)14(9)18)16(20-2)10-5-7-13(21-3)12(17)8-10/h4-8,16,20H,1-3H3. The summed E-state index contributed by atoms with van der Waals surface area (Å²) < 4.78 is 46.4. The Kier molecular flexibility index (Phi) is 4.53. The summed E-state index contributed by atoms with van der Waals surface area (Å²) in [6.07, 6.45) is 0. The summed E-state index contributed by atoms with van der Waals surface area (Å²) in [5.41, 5.74) is 0.843. The highest BCUT2D eigenvalue weighted by Gasteiger charge is 2.21. The Balaban J connectivity index is 2.50. The molecule has 0 aromatic heterocycles. The molecule has 0 fully saturated rings. The SMILES string of the molecule is CNC(c1ccc(OC)c(F)c1)c1ccc(C)c(F)c1F. The van der Waals surface area contributed by atoms with Crippen molar-refractivity contribution in [2.75, 3.05) is 14.2 Å². The number of aryl methyl sites for hydroxylation is 1. The van der Waals surface area contributed by atoms with Gasteiger partial charge in [-0.2, -0.15) is 0 Å². The molecule has 0 amide bonds. The Morgan fingerprint density at radius 1 is 1.05 bits per heavy atom. The molecule has 0 aliphatic rings. The molecule has 0 bridgehead atoms. The van der Waals surface area contributed by atoms with Crippen LogP contribution in [0.4, 0.5) is 13.2 Å². The van der Waals surface area contributed by atoms with Gasteiger partial charge in [-0.1, -0.05) is 18.2 Å². The first-order valence-electron chi connectivity index (χ1n) is 6.44. The van der Waals surface area contributed by atoms with Gasteiger partial charge in [-0.3, -0.25) is 0 Å². The summed E-state index contributed by atoms with van der Waals surface area (Å²) in [5, 5.41) is 2.87. The van der Waals surface area contributed by atoms with Gasteiger partial charge >= 0.3 is 0 Å². The van der Waals surface area contributed by atoms with E-state index in [2.05, 4.69) is 5.32 Å². The summed E-state index contributed by atoms with van der Waals surface area (Å²) in [4.78, 5) is 0. The Morgan fingerprint density at radius 2 is 1.76 bits per heavy atom. The van der Waals surface area contributed by atoms with Crippen LogP contribution >= 0.6 is 0 Å². The lowest BCUT2D eigenvalue weighted by Crippen LogP contribution is -2.20. The molecule has 1 unspecified atom stereocenters. The first-order valence-corrected chi connectivity index (χ1v) is 6.44. The van der Waals surface area contributed by atoms with Crippen molar-refractivity contribution in [3.8, 4) is 5.75 Å². The molecule has 0 radical (unpaired) electrons. The number of halogens is 3. The molecule has 2 rings (SSSR count). The average Bonchev–Trinajstić information content (AvgIpc) is 2.48. The molecule has 2 nitrogen and oxygen atoms in total. The third-order valence-corrected chi connectivity index (χ3v) is 3.41. The lowest BCUT2D eigenvalue weighted by molar-refractivity contribution is 0.385. The predicted octanol–water partition coefficient (Wildman–Crippen LogP) is 3.73. The molecule has 1 atom stereocenters. The maximum Gasteiger partial charge on any atom is 0.165 e. The maximum absolute atomic E-state index is 14.1. The molecule has 0 aliphatic carbocycles. The third kappa shape index (κ3) is 2.88. The second-order valence-corrected chi connectivity index (χ2v) is 4.72. The monoisotopic (exact) mass is 295 g/mol. The smallest absolute Gasteiger partial charge is 0.165 e.